The third kappa shape index (κ3) is 6.01. The molecule has 1 aliphatic rings. The number of hydrogen-bond donors (Lipinski definition) is 0. The van der Waals surface area contributed by atoms with Gasteiger partial charge < -0.3 is 0 Å². The highest BCUT2D eigenvalue weighted by atomic mass is 32.2. The van der Waals surface area contributed by atoms with Gasteiger partial charge in [0.15, 0.2) is 29.5 Å². The lowest BCUT2D eigenvalue weighted by Gasteiger charge is -2.19. The smallest absolute Gasteiger partial charge is 0.155 e. The standard InChI is InChI=1S/C14H28O6S3/c1-3-5-7-9-22(17,18)13-11-21(15,16)12-14(13)23(19,20)10-8-6-4-2/h13-14H,3-12H2,1-2H3. The normalized spacial score (nSPS) is 24.8. The van der Waals surface area contributed by atoms with Crippen molar-refractivity contribution in [1.29, 1.82) is 0 Å². The van der Waals surface area contributed by atoms with Gasteiger partial charge in [-0.15, -0.1) is 0 Å². The van der Waals surface area contributed by atoms with Crippen molar-refractivity contribution in [1.82, 2.24) is 0 Å². The molecule has 1 rings (SSSR count). The minimum atomic E-state index is -3.72. The third-order valence-electron chi connectivity index (χ3n) is 4.24. The molecule has 6 nitrogen and oxygen atoms in total. The Labute approximate surface area is 140 Å². The van der Waals surface area contributed by atoms with Crippen molar-refractivity contribution in [3.8, 4) is 0 Å². The summed E-state index contributed by atoms with van der Waals surface area (Å²) in [6, 6.07) is 0. The fourth-order valence-corrected chi connectivity index (χ4v) is 11.6. The van der Waals surface area contributed by atoms with Crippen LogP contribution in [0.15, 0.2) is 0 Å². The Morgan fingerprint density at radius 1 is 0.739 bits per heavy atom. The first kappa shape index (κ1) is 20.9. The largest absolute Gasteiger partial charge is 0.229 e. The molecule has 0 aromatic rings. The number of unbranched alkanes of at least 4 members (excludes halogenated alkanes) is 4. The third-order valence-corrected chi connectivity index (χ3v) is 11.1. The van der Waals surface area contributed by atoms with Crippen LogP contribution < -0.4 is 0 Å². The molecule has 138 valence electrons. The molecular weight excluding hydrogens is 360 g/mol. The van der Waals surface area contributed by atoms with Gasteiger partial charge in [-0.05, 0) is 12.8 Å². The molecule has 2 atom stereocenters. The van der Waals surface area contributed by atoms with Crippen LogP contribution in [0.2, 0.25) is 0 Å². The van der Waals surface area contributed by atoms with Crippen molar-refractivity contribution in [3.05, 3.63) is 0 Å². The van der Waals surface area contributed by atoms with E-state index in [1.807, 2.05) is 13.8 Å². The highest BCUT2D eigenvalue weighted by Gasteiger charge is 2.50. The fourth-order valence-electron chi connectivity index (χ4n) is 2.86. The molecule has 0 aromatic heterocycles. The average Bonchev–Trinajstić information content (AvgIpc) is 2.77. The Kier molecular flexibility index (Phi) is 7.53. The molecule has 9 heteroatoms. The Bertz CT molecular complexity index is 622. The lowest BCUT2D eigenvalue weighted by molar-refractivity contribution is 0.562. The van der Waals surface area contributed by atoms with Crippen molar-refractivity contribution in [2.24, 2.45) is 0 Å². The van der Waals surface area contributed by atoms with E-state index in [0.29, 0.717) is 12.8 Å². The summed E-state index contributed by atoms with van der Waals surface area (Å²) in [6.45, 7) is 3.88. The van der Waals surface area contributed by atoms with E-state index >= 15 is 0 Å². The molecule has 0 amide bonds. The maximum Gasteiger partial charge on any atom is 0.155 e. The van der Waals surface area contributed by atoms with Gasteiger partial charge in [-0.1, -0.05) is 39.5 Å². The highest BCUT2D eigenvalue weighted by molar-refractivity contribution is 8.00. The molecule has 1 saturated heterocycles. The van der Waals surface area contributed by atoms with Gasteiger partial charge in [0.2, 0.25) is 0 Å². The van der Waals surface area contributed by atoms with Crippen molar-refractivity contribution in [2.75, 3.05) is 23.0 Å². The van der Waals surface area contributed by atoms with Crippen LogP contribution in [0.3, 0.4) is 0 Å². The lowest BCUT2D eigenvalue weighted by Crippen LogP contribution is -2.40. The van der Waals surface area contributed by atoms with Gasteiger partial charge in [0.1, 0.15) is 0 Å². The minimum absolute atomic E-state index is 0.137. The zero-order chi connectivity index (χ0) is 17.7. The zero-order valence-corrected chi connectivity index (χ0v) is 16.3. The van der Waals surface area contributed by atoms with Gasteiger partial charge in [-0.25, -0.2) is 25.3 Å². The molecule has 0 aromatic carbocycles. The zero-order valence-electron chi connectivity index (χ0n) is 13.9. The SMILES string of the molecule is CCCCCS(=O)(=O)C1CS(=O)(=O)CC1S(=O)(=O)CCCCC. The second kappa shape index (κ2) is 8.29. The van der Waals surface area contributed by atoms with Crippen LogP contribution in [0.5, 0.6) is 0 Å². The molecule has 0 bridgehead atoms. The predicted molar refractivity (Wildman–Crippen MR) is 92.9 cm³/mol. The van der Waals surface area contributed by atoms with Gasteiger partial charge >= 0.3 is 0 Å². The molecule has 0 saturated carbocycles. The molecule has 0 spiro atoms. The van der Waals surface area contributed by atoms with Crippen LogP contribution in [-0.4, -0.2) is 58.8 Å². The van der Waals surface area contributed by atoms with Crippen molar-refractivity contribution < 1.29 is 25.3 Å². The van der Waals surface area contributed by atoms with Crippen LogP contribution in [0.1, 0.15) is 52.4 Å². The number of sulfone groups is 3. The van der Waals surface area contributed by atoms with Crippen LogP contribution in [0.25, 0.3) is 0 Å². The molecule has 1 heterocycles. The summed E-state index contributed by atoms with van der Waals surface area (Å²) in [5, 5.41) is -2.59. The van der Waals surface area contributed by atoms with Crippen LogP contribution in [0, 0.1) is 0 Å². The van der Waals surface area contributed by atoms with Gasteiger partial charge in [0.05, 0.1) is 33.5 Å². The number of hydrogen-bond acceptors (Lipinski definition) is 6. The second-order valence-corrected chi connectivity index (χ2v) is 13.1. The Morgan fingerprint density at radius 2 is 1.09 bits per heavy atom. The summed E-state index contributed by atoms with van der Waals surface area (Å²) in [5.74, 6) is -1.39. The summed E-state index contributed by atoms with van der Waals surface area (Å²) >= 11 is 0. The first-order chi connectivity index (χ1) is 10.6. The Hall–Kier alpha value is -0.150. The molecule has 0 N–H and O–H groups in total. The monoisotopic (exact) mass is 388 g/mol. The van der Waals surface area contributed by atoms with Crippen molar-refractivity contribution in [3.63, 3.8) is 0 Å². The molecule has 0 aliphatic carbocycles. The van der Waals surface area contributed by atoms with Crippen LogP contribution in [0.4, 0.5) is 0 Å². The van der Waals surface area contributed by atoms with Crippen molar-refractivity contribution >= 4 is 29.5 Å². The molecular formula is C14H28O6S3. The Balaban J connectivity index is 2.99. The first-order valence-electron chi connectivity index (χ1n) is 8.19. The lowest BCUT2D eigenvalue weighted by atomic mass is 10.3. The van der Waals surface area contributed by atoms with E-state index in [9.17, 15) is 25.3 Å². The highest BCUT2D eigenvalue weighted by Crippen LogP contribution is 2.28. The minimum Gasteiger partial charge on any atom is -0.229 e. The first-order valence-corrected chi connectivity index (χ1v) is 13.4. The predicted octanol–water partition coefficient (Wildman–Crippen LogP) is 1.36. The van der Waals surface area contributed by atoms with E-state index in [4.69, 9.17) is 0 Å². The quantitative estimate of drug-likeness (QED) is 0.524. The maximum atomic E-state index is 12.5. The second-order valence-electron chi connectivity index (χ2n) is 6.30. The average molecular weight is 389 g/mol. The van der Waals surface area contributed by atoms with Crippen molar-refractivity contribution in [2.45, 2.75) is 62.9 Å². The summed E-state index contributed by atoms with van der Waals surface area (Å²) in [4.78, 5) is 0. The van der Waals surface area contributed by atoms with E-state index in [1.165, 1.54) is 0 Å². The fraction of sp³-hybridized carbons (Fsp3) is 1.00. The molecule has 1 aliphatic heterocycles. The van der Waals surface area contributed by atoms with E-state index in [-0.39, 0.29) is 11.5 Å². The van der Waals surface area contributed by atoms with Gasteiger partial charge in [-0.3, -0.25) is 0 Å². The Morgan fingerprint density at radius 3 is 1.39 bits per heavy atom. The number of rotatable bonds is 10. The molecule has 0 radical (unpaired) electrons. The van der Waals surface area contributed by atoms with E-state index in [0.717, 1.165) is 25.7 Å². The van der Waals surface area contributed by atoms with Gasteiger partial charge in [0.25, 0.3) is 0 Å². The van der Waals surface area contributed by atoms with Gasteiger partial charge in [0, 0.05) is 0 Å². The molecule has 23 heavy (non-hydrogen) atoms. The van der Waals surface area contributed by atoms with Gasteiger partial charge in [-0.2, -0.15) is 0 Å². The summed E-state index contributed by atoms with van der Waals surface area (Å²) in [7, 11) is -11.1. The maximum absolute atomic E-state index is 12.5. The molecule has 1 fully saturated rings. The summed E-state index contributed by atoms with van der Waals surface area (Å²) < 4.78 is 73.6. The molecule has 2 unspecified atom stereocenters. The van der Waals surface area contributed by atoms with Crippen LogP contribution >= 0.6 is 0 Å². The summed E-state index contributed by atoms with van der Waals surface area (Å²) in [5.41, 5.74) is 0. The van der Waals surface area contributed by atoms with E-state index < -0.39 is 51.5 Å². The van der Waals surface area contributed by atoms with E-state index in [2.05, 4.69) is 0 Å². The summed E-state index contributed by atoms with van der Waals surface area (Å²) in [6.07, 6.45) is 4.03. The topological polar surface area (TPSA) is 102 Å². The van der Waals surface area contributed by atoms with E-state index in [1.54, 1.807) is 0 Å². The van der Waals surface area contributed by atoms with Crippen LogP contribution in [-0.2, 0) is 29.5 Å².